The number of alkyl carbamates (subject to hydrolysis) is 1. The molecule has 2 aromatic carbocycles. The molecule has 0 bridgehead atoms. The van der Waals surface area contributed by atoms with Crippen LogP contribution in [0.15, 0.2) is 60.7 Å². The summed E-state index contributed by atoms with van der Waals surface area (Å²) in [6, 6.07) is 19.9. The van der Waals surface area contributed by atoms with Crippen molar-refractivity contribution in [1.29, 1.82) is 0 Å². The number of hydrogen-bond donors (Lipinski definition) is 1. The van der Waals surface area contributed by atoms with E-state index in [0.29, 0.717) is 6.42 Å². The van der Waals surface area contributed by atoms with Gasteiger partial charge in [0.15, 0.2) is 11.4 Å². The Kier molecular flexibility index (Phi) is 8.72. The third-order valence-electron chi connectivity index (χ3n) is 6.60. The highest BCUT2D eigenvalue weighted by molar-refractivity contribution is 6.99. The number of ether oxygens (including phenoxy) is 2. The highest BCUT2D eigenvalue weighted by Crippen LogP contribution is 2.39. The van der Waals surface area contributed by atoms with E-state index in [9.17, 15) is 9.59 Å². The Morgan fingerprint density at radius 2 is 1.43 bits per heavy atom. The SMILES string of the molecule is CC(C)C[C@H](NC(=O)OC(C)(C)C)C(=O)[C@]1(CO[Si](c2ccccc2)(c2ccccc2)C(C)(C)C)CO1. The van der Waals surface area contributed by atoms with E-state index in [0.717, 1.165) is 10.4 Å². The van der Waals surface area contributed by atoms with Crippen molar-refractivity contribution >= 4 is 30.6 Å². The monoisotopic (exact) mass is 525 g/mol. The average Bonchev–Trinajstić information content (AvgIpc) is 3.58. The van der Waals surface area contributed by atoms with E-state index in [4.69, 9.17) is 13.9 Å². The molecule has 1 heterocycles. The summed E-state index contributed by atoms with van der Waals surface area (Å²) in [6.07, 6.45) is -0.113. The zero-order chi connectivity index (χ0) is 27.5. The van der Waals surface area contributed by atoms with Gasteiger partial charge < -0.3 is 19.2 Å². The predicted molar refractivity (Wildman–Crippen MR) is 150 cm³/mol. The van der Waals surface area contributed by atoms with Crippen LogP contribution in [0.2, 0.25) is 5.04 Å². The second-order valence-electron chi connectivity index (χ2n) is 12.4. The molecule has 0 aliphatic carbocycles. The standard InChI is InChI=1S/C30H43NO5Si/c1-22(2)19-25(31-27(33)36-28(3,4)5)26(32)30(20-34-30)21-35-37(29(6,7)8,23-15-11-9-12-16-23)24-17-13-10-14-18-24/h9-18,22,25H,19-21H2,1-8H3,(H,31,33)/t25-,30+/m0/s1. The van der Waals surface area contributed by atoms with Gasteiger partial charge in [-0.3, -0.25) is 4.79 Å². The molecule has 1 aliphatic rings. The molecule has 6 nitrogen and oxygen atoms in total. The number of epoxide rings is 1. The van der Waals surface area contributed by atoms with E-state index in [1.165, 1.54) is 0 Å². The van der Waals surface area contributed by atoms with Gasteiger partial charge in [-0.1, -0.05) is 95.3 Å². The van der Waals surface area contributed by atoms with Crippen LogP contribution in [0.25, 0.3) is 0 Å². The molecule has 202 valence electrons. The van der Waals surface area contributed by atoms with E-state index < -0.39 is 31.7 Å². The number of nitrogens with one attached hydrogen (secondary N) is 1. The lowest BCUT2D eigenvalue weighted by molar-refractivity contribution is -0.127. The maximum atomic E-state index is 13.8. The molecule has 2 atom stereocenters. The van der Waals surface area contributed by atoms with Crippen molar-refractivity contribution in [3.63, 3.8) is 0 Å². The van der Waals surface area contributed by atoms with Crippen LogP contribution in [0.4, 0.5) is 4.79 Å². The van der Waals surface area contributed by atoms with Crippen LogP contribution in [-0.2, 0) is 18.7 Å². The molecule has 0 aromatic heterocycles. The van der Waals surface area contributed by atoms with Crippen molar-refractivity contribution in [2.45, 2.75) is 84.1 Å². The van der Waals surface area contributed by atoms with Crippen molar-refractivity contribution in [3.05, 3.63) is 60.7 Å². The minimum Gasteiger partial charge on any atom is -0.444 e. The third kappa shape index (κ3) is 6.89. The van der Waals surface area contributed by atoms with Crippen molar-refractivity contribution in [2.24, 2.45) is 5.92 Å². The molecular weight excluding hydrogens is 482 g/mol. The fourth-order valence-electron chi connectivity index (χ4n) is 4.84. The third-order valence-corrected chi connectivity index (χ3v) is 11.6. The molecule has 1 amide bonds. The lowest BCUT2D eigenvalue weighted by Gasteiger charge is -2.43. The van der Waals surface area contributed by atoms with E-state index in [2.05, 4.69) is 50.4 Å². The number of benzene rings is 2. The first-order valence-electron chi connectivity index (χ1n) is 13.1. The lowest BCUT2D eigenvalue weighted by Crippen LogP contribution is -2.67. The zero-order valence-corrected chi connectivity index (χ0v) is 24.6. The van der Waals surface area contributed by atoms with E-state index >= 15 is 0 Å². The Bertz CT molecular complexity index is 1010. The van der Waals surface area contributed by atoms with Crippen molar-refractivity contribution in [1.82, 2.24) is 5.32 Å². The van der Waals surface area contributed by atoms with Crippen LogP contribution in [0.3, 0.4) is 0 Å². The summed E-state index contributed by atoms with van der Waals surface area (Å²) in [6.45, 7) is 16.5. The molecule has 3 rings (SSSR count). The maximum absolute atomic E-state index is 13.8. The summed E-state index contributed by atoms with van der Waals surface area (Å²) in [5, 5.41) is 4.87. The van der Waals surface area contributed by atoms with Crippen LogP contribution in [-0.4, -0.2) is 50.7 Å². The van der Waals surface area contributed by atoms with Gasteiger partial charge in [-0.05, 0) is 48.5 Å². The van der Waals surface area contributed by atoms with Gasteiger partial charge in [-0.25, -0.2) is 4.79 Å². The van der Waals surface area contributed by atoms with Crippen LogP contribution >= 0.6 is 0 Å². The predicted octanol–water partition coefficient (Wildman–Crippen LogP) is 4.84. The molecule has 2 aromatic rings. The fraction of sp³-hybridized carbons (Fsp3) is 0.533. The number of Topliss-reactive ketones (excluding diaryl/α,β-unsaturated/α-hetero) is 1. The van der Waals surface area contributed by atoms with Crippen LogP contribution in [0, 0.1) is 5.92 Å². The van der Waals surface area contributed by atoms with Gasteiger partial charge >= 0.3 is 6.09 Å². The molecule has 1 N–H and O–H groups in total. The Morgan fingerprint density at radius 1 is 0.946 bits per heavy atom. The summed E-state index contributed by atoms with van der Waals surface area (Å²) in [4.78, 5) is 26.4. The van der Waals surface area contributed by atoms with Crippen LogP contribution in [0.1, 0.15) is 61.8 Å². The second-order valence-corrected chi connectivity index (χ2v) is 16.7. The molecule has 1 aliphatic heterocycles. The minimum absolute atomic E-state index is 0.129. The van der Waals surface area contributed by atoms with Gasteiger partial charge in [0, 0.05) is 0 Å². The van der Waals surface area contributed by atoms with Crippen molar-refractivity contribution in [2.75, 3.05) is 13.2 Å². The quantitative estimate of drug-likeness (QED) is 0.355. The topological polar surface area (TPSA) is 77.2 Å². The molecular formula is C30H43NO5Si. The van der Waals surface area contributed by atoms with Gasteiger partial charge in [0.25, 0.3) is 8.32 Å². The number of hydrogen-bond acceptors (Lipinski definition) is 5. The number of ketones is 1. The maximum Gasteiger partial charge on any atom is 0.408 e. The molecule has 37 heavy (non-hydrogen) atoms. The largest absolute Gasteiger partial charge is 0.444 e. The summed E-state index contributed by atoms with van der Waals surface area (Å²) in [5.74, 6) is 0.0299. The molecule has 0 saturated carbocycles. The molecule has 0 spiro atoms. The Morgan fingerprint density at radius 3 is 1.81 bits per heavy atom. The number of carbonyl (C=O) groups excluding carboxylic acids is 2. The minimum atomic E-state index is -2.84. The normalized spacial score (nSPS) is 18.8. The van der Waals surface area contributed by atoms with Gasteiger partial charge in [0.2, 0.25) is 0 Å². The highest BCUT2D eigenvalue weighted by atomic mass is 28.4. The van der Waals surface area contributed by atoms with Crippen molar-refractivity contribution in [3.8, 4) is 0 Å². The number of amides is 1. The highest BCUT2D eigenvalue weighted by Gasteiger charge is 2.58. The molecule has 0 unspecified atom stereocenters. The molecule has 0 radical (unpaired) electrons. The fourth-order valence-corrected chi connectivity index (χ4v) is 9.45. The van der Waals surface area contributed by atoms with Crippen LogP contribution in [0.5, 0.6) is 0 Å². The first kappa shape index (κ1) is 29.1. The Labute approximate surface area is 223 Å². The van der Waals surface area contributed by atoms with Gasteiger partial charge in [0.1, 0.15) is 5.60 Å². The first-order valence-corrected chi connectivity index (χ1v) is 15.0. The van der Waals surface area contributed by atoms with E-state index in [-0.39, 0.29) is 30.0 Å². The van der Waals surface area contributed by atoms with Gasteiger partial charge in [0.05, 0.1) is 19.3 Å². The first-order chi connectivity index (χ1) is 17.2. The zero-order valence-electron chi connectivity index (χ0n) is 23.6. The van der Waals surface area contributed by atoms with Crippen molar-refractivity contribution < 1.29 is 23.5 Å². The summed E-state index contributed by atoms with van der Waals surface area (Å²) in [7, 11) is -2.84. The Balaban J connectivity index is 1.93. The summed E-state index contributed by atoms with van der Waals surface area (Å²) in [5.41, 5.74) is -1.74. The van der Waals surface area contributed by atoms with E-state index in [1.54, 1.807) is 20.8 Å². The van der Waals surface area contributed by atoms with Crippen LogP contribution < -0.4 is 15.7 Å². The summed E-state index contributed by atoms with van der Waals surface area (Å²) < 4.78 is 18.3. The lowest BCUT2D eigenvalue weighted by atomic mass is 9.93. The number of rotatable bonds is 10. The summed E-state index contributed by atoms with van der Waals surface area (Å²) >= 11 is 0. The molecule has 1 fully saturated rings. The second kappa shape index (κ2) is 11.1. The molecule has 7 heteroatoms. The average molecular weight is 526 g/mol. The smallest absolute Gasteiger partial charge is 0.408 e. The molecule has 1 saturated heterocycles. The van der Waals surface area contributed by atoms with E-state index in [1.807, 2.05) is 50.2 Å². The number of carbonyl (C=O) groups is 2. The van der Waals surface area contributed by atoms with Gasteiger partial charge in [-0.2, -0.15) is 0 Å². The van der Waals surface area contributed by atoms with Gasteiger partial charge in [-0.15, -0.1) is 0 Å². The Hall–Kier alpha value is -2.48.